The first-order chi connectivity index (χ1) is 13.6. The Bertz CT molecular complexity index is 964. The number of hydrogen-bond acceptors (Lipinski definition) is 7. The number of benzene rings is 1. The first-order valence-electron chi connectivity index (χ1n) is 9.23. The van der Waals surface area contributed by atoms with Crippen LogP contribution >= 0.6 is 11.3 Å². The topological polar surface area (TPSA) is 112 Å². The molecule has 2 atom stereocenters. The van der Waals surface area contributed by atoms with Crippen LogP contribution in [0.25, 0.3) is 12.2 Å². The summed E-state index contributed by atoms with van der Waals surface area (Å²) >= 11 is 1.51. The van der Waals surface area contributed by atoms with Crippen molar-refractivity contribution in [2.75, 3.05) is 5.73 Å². The summed E-state index contributed by atoms with van der Waals surface area (Å²) in [6.45, 7) is 7.28. The lowest BCUT2D eigenvalue weighted by Gasteiger charge is -2.17. The number of carboxylic acids is 1. The van der Waals surface area contributed by atoms with Crippen LogP contribution < -0.4 is 5.73 Å². The van der Waals surface area contributed by atoms with Crippen molar-refractivity contribution in [2.24, 2.45) is 0 Å². The predicted molar refractivity (Wildman–Crippen MR) is 112 cm³/mol. The van der Waals surface area contributed by atoms with Gasteiger partial charge in [0, 0.05) is 11.1 Å². The van der Waals surface area contributed by atoms with Crippen LogP contribution in [0.4, 0.5) is 5.69 Å². The molecule has 1 fully saturated rings. The zero-order valence-corrected chi connectivity index (χ0v) is 17.5. The molecule has 0 spiro atoms. The minimum Gasteiger partial charge on any atom is -0.479 e. The molecule has 1 saturated heterocycles. The molecule has 1 aromatic carbocycles. The Morgan fingerprint density at radius 2 is 1.93 bits per heavy atom. The molecule has 0 saturated carbocycles. The van der Waals surface area contributed by atoms with Crippen molar-refractivity contribution < 1.29 is 24.2 Å². The third-order valence-electron chi connectivity index (χ3n) is 4.51. The van der Waals surface area contributed by atoms with Gasteiger partial charge in [-0.15, -0.1) is 11.3 Å². The Hall–Kier alpha value is -2.55. The summed E-state index contributed by atoms with van der Waals surface area (Å²) < 4.78 is 11.0. The number of nitrogen functional groups attached to an aromatic ring is 1. The van der Waals surface area contributed by atoms with Crippen molar-refractivity contribution in [3.05, 3.63) is 45.4 Å². The number of rotatable bonds is 6. The fourth-order valence-corrected chi connectivity index (χ4v) is 3.96. The summed E-state index contributed by atoms with van der Waals surface area (Å²) in [6, 6.07) is 5.08. The first-order valence-corrected chi connectivity index (χ1v) is 10.1. The molecule has 1 aromatic heterocycles. The highest BCUT2D eigenvalue weighted by atomic mass is 32.1. The highest BCUT2D eigenvalue weighted by Gasteiger charge is 2.49. The maximum absolute atomic E-state index is 13.2. The zero-order chi connectivity index (χ0) is 21.3. The number of nitrogens with two attached hydrogens (primary N) is 1. The van der Waals surface area contributed by atoms with Crippen LogP contribution in [0.3, 0.4) is 0 Å². The maximum Gasteiger partial charge on any atom is 0.336 e. The summed E-state index contributed by atoms with van der Waals surface area (Å²) in [7, 11) is 0. The first kappa shape index (κ1) is 21.2. The van der Waals surface area contributed by atoms with E-state index >= 15 is 0 Å². The minimum atomic E-state index is -1.40. The quantitative estimate of drug-likeness (QED) is 0.544. The molecule has 1 aliphatic heterocycles. The van der Waals surface area contributed by atoms with E-state index in [1.807, 2.05) is 11.5 Å². The average molecular weight is 416 g/mol. The SMILES string of the molecule is CC(C)c1csc(/C=C/c2cccc(N)c2C(=O)[C@@H]2OC(C)(C)O[C@H]2C(=O)O)n1. The van der Waals surface area contributed by atoms with E-state index < -0.39 is 29.7 Å². The number of thiazole rings is 1. The van der Waals surface area contributed by atoms with Gasteiger partial charge in [-0.25, -0.2) is 9.78 Å². The summed E-state index contributed by atoms with van der Waals surface area (Å²) in [4.78, 5) is 29.3. The number of hydrogen-bond donors (Lipinski definition) is 2. The van der Waals surface area contributed by atoms with Gasteiger partial charge in [-0.05, 0) is 37.5 Å². The Morgan fingerprint density at radius 3 is 2.55 bits per heavy atom. The fraction of sp³-hybridized carbons (Fsp3) is 0.381. The molecular formula is C21H24N2O5S. The monoisotopic (exact) mass is 416 g/mol. The van der Waals surface area contributed by atoms with Gasteiger partial charge in [0.15, 0.2) is 23.8 Å². The predicted octanol–water partition coefficient (Wildman–Crippen LogP) is 3.81. The smallest absolute Gasteiger partial charge is 0.336 e. The molecule has 3 rings (SSSR count). The highest BCUT2D eigenvalue weighted by Crippen LogP contribution is 2.33. The molecule has 0 aliphatic carbocycles. The van der Waals surface area contributed by atoms with Crippen LogP contribution in [-0.4, -0.2) is 39.8 Å². The lowest BCUT2D eigenvalue weighted by Crippen LogP contribution is -2.37. The van der Waals surface area contributed by atoms with Gasteiger partial charge in [0.2, 0.25) is 0 Å². The van der Waals surface area contributed by atoms with Crippen LogP contribution in [-0.2, 0) is 14.3 Å². The molecule has 8 heteroatoms. The fourth-order valence-electron chi connectivity index (χ4n) is 3.09. The third kappa shape index (κ3) is 4.55. The standard InChI is InChI=1S/C21H24N2O5S/c1-11(2)14-10-29-15(23-14)9-8-12-6-5-7-13(22)16(12)17(24)18-19(20(25)26)28-21(3,4)27-18/h5-11,18-19H,22H2,1-4H3,(H,25,26)/b9-8+/t18-,19+/m0/s1. The van der Waals surface area contributed by atoms with Gasteiger partial charge in [0.05, 0.1) is 11.3 Å². The van der Waals surface area contributed by atoms with Crippen LogP contribution in [0.5, 0.6) is 0 Å². The van der Waals surface area contributed by atoms with E-state index in [-0.39, 0.29) is 11.3 Å². The van der Waals surface area contributed by atoms with E-state index in [1.165, 1.54) is 11.3 Å². The summed E-state index contributed by atoms with van der Waals surface area (Å²) in [6.07, 6.45) is 0.879. The van der Waals surface area contributed by atoms with E-state index in [4.69, 9.17) is 15.2 Å². The summed E-state index contributed by atoms with van der Waals surface area (Å²) in [5.41, 5.74) is 8.10. The molecule has 2 aromatic rings. The van der Waals surface area contributed by atoms with Crippen LogP contribution in [0.1, 0.15) is 60.2 Å². The van der Waals surface area contributed by atoms with Crippen molar-refractivity contribution in [1.82, 2.24) is 4.98 Å². The maximum atomic E-state index is 13.2. The van der Waals surface area contributed by atoms with Crippen LogP contribution in [0, 0.1) is 0 Å². The Labute approximate surface area is 173 Å². The lowest BCUT2D eigenvalue weighted by atomic mass is 9.95. The van der Waals surface area contributed by atoms with Crippen molar-refractivity contribution in [2.45, 2.75) is 51.6 Å². The molecule has 2 heterocycles. The van der Waals surface area contributed by atoms with Gasteiger partial charge in [0.1, 0.15) is 5.01 Å². The molecule has 3 N–H and O–H groups in total. The molecule has 0 amide bonds. The Balaban J connectivity index is 1.94. The molecule has 29 heavy (non-hydrogen) atoms. The van der Waals surface area contributed by atoms with Crippen LogP contribution in [0.15, 0.2) is 23.6 Å². The number of ether oxygens (including phenoxy) is 2. The Kier molecular flexibility index (Phi) is 5.88. The van der Waals surface area contributed by atoms with E-state index in [0.717, 1.165) is 10.7 Å². The molecule has 1 aliphatic rings. The Morgan fingerprint density at radius 1 is 1.24 bits per heavy atom. The second kappa shape index (κ2) is 8.06. The highest BCUT2D eigenvalue weighted by molar-refractivity contribution is 7.10. The number of carboxylic acid groups (broad SMARTS) is 1. The lowest BCUT2D eigenvalue weighted by molar-refractivity contribution is -0.165. The zero-order valence-electron chi connectivity index (χ0n) is 16.7. The van der Waals surface area contributed by atoms with Gasteiger partial charge < -0.3 is 20.3 Å². The van der Waals surface area contributed by atoms with E-state index in [9.17, 15) is 14.7 Å². The summed E-state index contributed by atoms with van der Waals surface area (Å²) in [5, 5.41) is 12.2. The van der Waals surface area contributed by atoms with E-state index in [2.05, 4.69) is 18.8 Å². The van der Waals surface area contributed by atoms with Crippen molar-refractivity contribution in [1.29, 1.82) is 0 Å². The van der Waals surface area contributed by atoms with E-state index in [0.29, 0.717) is 11.5 Å². The number of Topliss-reactive ketones (excluding diaryl/α,β-unsaturated/α-hetero) is 1. The molecule has 154 valence electrons. The van der Waals surface area contributed by atoms with Gasteiger partial charge in [0.25, 0.3) is 0 Å². The van der Waals surface area contributed by atoms with E-state index in [1.54, 1.807) is 38.1 Å². The molecule has 7 nitrogen and oxygen atoms in total. The number of carbonyl (C=O) groups is 2. The largest absolute Gasteiger partial charge is 0.479 e. The molecular weight excluding hydrogens is 392 g/mol. The van der Waals surface area contributed by atoms with Crippen molar-refractivity contribution in [3.63, 3.8) is 0 Å². The number of nitrogens with zero attached hydrogens (tertiary/aromatic N) is 1. The van der Waals surface area contributed by atoms with Crippen molar-refractivity contribution in [3.8, 4) is 0 Å². The number of carbonyl (C=O) groups excluding carboxylic acids is 1. The number of aromatic nitrogens is 1. The molecule has 0 unspecified atom stereocenters. The number of ketones is 1. The second-order valence-corrected chi connectivity index (χ2v) is 8.48. The van der Waals surface area contributed by atoms with Gasteiger partial charge in [-0.2, -0.15) is 0 Å². The minimum absolute atomic E-state index is 0.210. The van der Waals surface area contributed by atoms with Gasteiger partial charge in [-0.3, -0.25) is 4.79 Å². The van der Waals surface area contributed by atoms with Crippen molar-refractivity contribution >= 4 is 40.9 Å². The number of anilines is 1. The van der Waals surface area contributed by atoms with Gasteiger partial charge in [-0.1, -0.05) is 32.1 Å². The summed E-state index contributed by atoms with van der Waals surface area (Å²) in [5.74, 6) is -2.64. The average Bonchev–Trinajstić information content (AvgIpc) is 3.23. The normalized spacial score (nSPS) is 21.1. The molecule has 0 radical (unpaired) electrons. The third-order valence-corrected chi connectivity index (χ3v) is 5.34. The van der Waals surface area contributed by atoms with Gasteiger partial charge >= 0.3 is 5.97 Å². The molecule has 0 bridgehead atoms. The second-order valence-electron chi connectivity index (χ2n) is 7.59. The number of aliphatic carboxylic acids is 1. The van der Waals surface area contributed by atoms with Crippen LogP contribution in [0.2, 0.25) is 0 Å².